The van der Waals surface area contributed by atoms with Gasteiger partial charge < -0.3 is 10.2 Å². The number of rotatable bonds is 3. The molecule has 0 bridgehead atoms. The highest BCUT2D eigenvalue weighted by atomic mass is 16.6. The zero-order chi connectivity index (χ0) is 15.7. The van der Waals surface area contributed by atoms with Gasteiger partial charge in [-0.1, -0.05) is 24.3 Å². The molecule has 1 aliphatic rings. The zero-order valence-corrected chi connectivity index (χ0v) is 12.0. The van der Waals surface area contributed by atoms with Gasteiger partial charge in [0.2, 0.25) is 0 Å². The van der Waals surface area contributed by atoms with Gasteiger partial charge in [-0.2, -0.15) is 0 Å². The summed E-state index contributed by atoms with van der Waals surface area (Å²) in [5, 5.41) is 14.2. The molecule has 1 atom stereocenters. The molecule has 1 N–H and O–H groups in total. The Labute approximate surface area is 127 Å². The highest BCUT2D eigenvalue weighted by Crippen LogP contribution is 2.33. The number of fused-ring (bicyclic) bond motifs is 1. The van der Waals surface area contributed by atoms with E-state index in [9.17, 15) is 14.9 Å². The average Bonchev–Trinajstić information content (AvgIpc) is 2.55. The van der Waals surface area contributed by atoms with Gasteiger partial charge in [-0.3, -0.25) is 14.9 Å². The molecule has 22 heavy (non-hydrogen) atoms. The van der Waals surface area contributed by atoms with Crippen molar-refractivity contribution in [2.45, 2.75) is 13.1 Å². The number of hydrogen-bond donors (Lipinski definition) is 1. The Morgan fingerprint density at radius 1 is 1.23 bits per heavy atom. The van der Waals surface area contributed by atoms with Crippen LogP contribution in [0.25, 0.3) is 0 Å². The fourth-order valence-electron chi connectivity index (χ4n) is 2.69. The summed E-state index contributed by atoms with van der Waals surface area (Å²) in [5.74, 6) is -0.0756. The Balaban J connectivity index is 2.05. The van der Waals surface area contributed by atoms with Crippen molar-refractivity contribution in [1.82, 2.24) is 4.90 Å². The van der Waals surface area contributed by atoms with Crippen LogP contribution in [0.15, 0.2) is 48.5 Å². The number of non-ortho nitro benzene ring substituents is 1. The molecule has 1 amide bonds. The minimum Gasteiger partial charge on any atom is -0.361 e. The van der Waals surface area contributed by atoms with E-state index in [1.807, 2.05) is 25.1 Å². The summed E-state index contributed by atoms with van der Waals surface area (Å²) in [4.78, 5) is 24.8. The van der Waals surface area contributed by atoms with Crippen LogP contribution in [0.5, 0.6) is 0 Å². The Bertz CT molecular complexity index is 745. The van der Waals surface area contributed by atoms with Crippen molar-refractivity contribution in [3.05, 3.63) is 69.8 Å². The summed E-state index contributed by atoms with van der Waals surface area (Å²) in [6.07, 6.45) is -0.410. The maximum absolute atomic E-state index is 12.6. The van der Waals surface area contributed by atoms with E-state index < -0.39 is 11.1 Å². The molecule has 0 aromatic heterocycles. The second kappa shape index (κ2) is 5.48. The van der Waals surface area contributed by atoms with Crippen LogP contribution in [-0.4, -0.2) is 22.3 Å². The van der Waals surface area contributed by atoms with Crippen molar-refractivity contribution in [3.8, 4) is 0 Å². The van der Waals surface area contributed by atoms with Gasteiger partial charge in [-0.15, -0.1) is 0 Å². The summed E-state index contributed by atoms with van der Waals surface area (Å²) in [7, 11) is 0. The molecule has 6 heteroatoms. The van der Waals surface area contributed by atoms with E-state index in [-0.39, 0.29) is 11.6 Å². The van der Waals surface area contributed by atoms with Crippen LogP contribution in [0.2, 0.25) is 0 Å². The zero-order valence-electron chi connectivity index (χ0n) is 12.0. The normalized spacial score (nSPS) is 16.9. The van der Waals surface area contributed by atoms with Gasteiger partial charge in [0.15, 0.2) is 0 Å². The predicted molar refractivity (Wildman–Crippen MR) is 82.6 cm³/mol. The molecular formula is C16H15N3O3. The number of para-hydroxylation sites is 1. The Morgan fingerprint density at radius 3 is 2.73 bits per heavy atom. The molecule has 1 aliphatic heterocycles. The Hall–Kier alpha value is -2.89. The topological polar surface area (TPSA) is 75.5 Å². The maximum Gasteiger partial charge on any atom is 0.269 e. The Morgan fingerprint density at radius 2 is 2.00 bits per heavy atom. The minimum absolute atomic E-state index is 0.0154. The van der Waals surface area contributed by atoms with Crippen molar-refractivity contribution in [1.29, 1.82) is 0 Å². The summed E-state index contributed by atoms with van der Waals surface area (Å²) in [6.45, 7) is 2.39. The number of nitro benzene ring substituents is 1. The molecule has 0 saturated carbocycles. The first-order valence-electron chi connectivity index (χ1n) is 7.02. The molecule has 2 aromatic rings. The van der Waals surface area contributed by atoms with Crippen LogP contribution < -0.4 is 5.32 Å². The number of nitro groups is 1. The van der Waals surface area contributed by atoms with Crippen LogP contribution in [0, 0.1) is 10.1 Å². The third-order valence-electron chi connectivity index (χ3n) is 3.76. The number of hydrogen-bond acceptors (Lipinski definition) is 4. The summed E-state index contributed by atoms with van der Waals surface area (Å²) in [6, 6.07) is 13.6. The van der Waals surface area contributed by atoms with E-state index in [0.29, 0.717) is 17.7 Å². The summed E-state index contributed by atoms with van der Waals surface area (Å²) < 4.78 is 0. The number of amides is 1. The number of carbonyl (C=O) groups is 1. The van der Waals surface area contributed by atoms with E-state index in [0.717, 1.165) is 5.69 Å². The van der Waals surface area contributed by atoms with E-state index in [1.54, 1.807) is 23.1 Å². The highest BCUT2D eigenvalue weighted by molar-refractivity contribution is 6.01. The average molecular weight is 297 g/mol. The van der Waals surface area contributed by atoms with E-state index in [4.69, 9.17) is 0 Å². The van der Waals surface area contributed by atoms with E-state index in [2.05, 4.69) is 5.32 Å². The molecule has 3 rings (SSSR count). The fraction of sp³-hybridized carbons (Fsp3) is 0.188. The summed E-state index contributed by atoms with van der Waals surface area (Å²) in [5.41, 5.74) is 2.07. The lowest BCUT2D eigenvalue weighted by atomic mass is 10.0. The van der Waals surface area contributed by atoms with Crippen molar-refractivity contribution in [3.63, 3.8) is 0 Å². The van der Waals surface area contributed by atoms with Crippen LogP contribution >= 0.6 is 0 Å². The predicted octanol–water partition coefficient (Wildman–Crippen LogP) is 3.18. The van der Waals surface area contributed by atoms with Crippen LogP contribution in [-0.2, 0) is 0 Å². The van der Waals surface area contributed by atoms with Crippen molar-refractivity contribution < 1.29 is 9.72 Å². The smallest absolute Gasteiger partial charge is 0.269 e. The Kier molecular flexibility index (Phi) is 3.50. The molecule has 2 aromatic carbocycles. The fourth-order valence-corrected chi connectivity index (χ4v) is 2.69. The van der Waals surface area contributed by atoms with Gasteiger partial charge in [0.25, 0.3) is 11.6 Å². The third kappa shape index (κ3) is 2.28. The monoisotopic (exact) mass is 297 g/mol. The van der Waals surface area contributed by atoms with Gasteiger partial charge >= 0.3 is 0 Å². The lowest BCUT2D eigenvalue weighted by molar-refractivity contribution is -0.384. The number of benzene rings is 2. The number of nitrogens with zero attached hydrogens (tertiary/aromatic N) is 2. The van der Waals surface area contributed by atoms with Gasteiger partial charge in [0.05, 0.1) is 10.5 Å². The third-order valence-corrected chi connectivity index (χ3v) is 3.76. The first-order chi connectivity index (χ1) is 10.6. The van der Waals surface area contributed by atoms with Gasteiger partial charge in [0.1, 0.15) is 6.17 Å². The van der Waals surface area contributed by atoms with Crippen LogP contribution in [0.3, 0.4) is 0 Å². The van der Waals surface area contributed by atoms with Crippen molar-refractivity contribution in [2.75, 3.05) is 11.9 Å². The lowest BCUT2D eigenvalue weighted by Crippen LogP contribution is -2.42. The second-order valence-electron chi connectivity index (χ2n) is 5.04. The van der Waals surface area contributed by atoms with E-state index in [1.165, 1.54) is 12.1 Å². The largest absolute Gasteiger partial charge is 0.361 e. The van der Waals surface area contributed by atoms with Crippen LogP contribution in [0.4, 0.5) is 11.4 Å². The molecule has 0 radical (unpaired) electrons. The van der Waals surface area contributed by atoms with E-state index >= 15 is 0 Å². The van der Waals surface area contributed by atoms with Crippen LogP contribution in [0.1, 0.15) is 29.0 Å². The number of nitrogens with one attached hydrogen (secondary N) is 1. The molecule has 0 spiro atoms. The number of carbonyl (C=O) groups excluding carboxylic acids is 1. The SMILES string of the molecule is CCN1C(=O)c2ccccc2NC1c1cccc([N+](=O)[O-])c1. The van der Waals surface area contributed by atoms with Gasteiger partial charge in [0, 0.05) is 29.9 Å². The molecule has 0 aliphatic carbocycles. The molecule has 112 valence electrons. The second-order valence-corrected chi connectivity index (χ2v) is 5.04. The molecule has 1 heterocycles. The maximum atomic E-state index is 12.6. The van der Waals surface area contributed by atoms with Gasteiger partial charge in [-0.25, -0.2) is 0 Å². The first-order valence-corrected chi connectivity index (χ1v) is 7.02. The molecular weight excluding hydrogens is 282 g/mol. The molecule has 1 unspecified atom stereocenters. The lowest BCUT2D eigenvalue weighted by Gasteiger charge is -2.37. The molecule has 0 saturated heterocycles. The highest BCUT2D eigenvalue weighted by Gasteiger charge is 2.32. The number of anilines is 1. The summed E-state index contributed by atoms with van der Waals surface area (Å²) >= 11 is 0. The molecule has 0 fully saturated rings. The standard InChI is InChI=1S/C16H15N3O3/c1-2-18-15(11-6-5-7-12(10-11)19(21)22)17-14-9-4-3-8-13(14)16(18)20/h3-10,15,17H,2H2,1H3. The van der Waals surface area contributed by atoms with Crippen molar-refractivity contribution in [2.24, 2.45) is 0 Å². The molecule has 6 nitrogen and oxygen atoms in total. The quantitative estimate of drug-likeness (QED) is 0.697. The van der Waals surface area contributed by atoms with Crippen molar-refractivity contribution >= 4 is 17.3 Å². The van der Waals surface area contributed by atoms with Gasteiger partial charge in [-0.05, 0) is 19.1 Å². The minimum atomic E-state index is -0.432. The first kappa shape index (κ1) is 14.1.